The van der Waals surface area contributed by atoms with Gasteiger partial charge in [-0.15, -0.1) is 0 Å². The van der Waals surface area contributed by atoms with Crippen molar-refractivity contribution in [2.45, 2.75) is 26.8 Å². The summed E-state index contributed by atoms with van der Waals surface area (Å²) in [5.74, 6) is -0.112. The molecule has 6 nitrogen and oxygen atoms in total. The van der Waals surface area contributed by atoms with E-state index in [1.54, 1.807) is 12.4 Å². The fraction of sp³-hybridized carbons (Fsp3) is 0.250. The topological polar surface area (TPSA) is 71.8 Å². The number of carbonyl (C=O) groups is 1. The summed E-state index contributed by atoms with van der Waals surface area (Å²) < 4.78 is 1.84. The molecule has 0 bridgehead atoms. The van der Waals surface area contributed by atoms with Gasteiger partial charge < -0.3 is 10.6 Å². The van der Waals surface area contributed by atoms with Crippen LogP contribution in [0.3, 0.4) is 0 Å². The van der Waals surface area contributed by atoms with E-state index in [1.807, 2.05) is 68.9 Å². The van der Waals surface area contributed by atoms with Gasteiger partial charge in [-0.05, 0) is 51.1 Å². The summed E-state index contributed by atoms with van der Waals surface area (Å²) in [7, 11) is 1.91. The Bertz CT molecular complexity index is 917. The first kappa shape index (κ1) is 17.7. The molecule has 0 fully saturated rings. The van der Waals surface area contributed by atoms with Gasteiger partial charge in [-0.3, -0.25) is 14.5 Å². The standard InChI is InChI=1S/C20H23N5O/c1-13(19-14(2)24-25(4)15(19)3)22-20(26)16-6-5-7-18(12-16)23-17-8-10-21-11-9-17/h5-13H,1-4H3,(H,21,23)(H,22,26). The molecule has 3 rings (SSSR count). The monoisotopic (exact) mass is 349 g/mol. The van der Waals surface area contributed by atoms with Crippen LogP contribution < -0.4 is 10.6 Å². The van der Waals surface area contributed by atoms with Crippen LogP contribution in [0.15, 0.2) is 48.8 Å². The van der Waals surface area contributed by atoms with E-state index in [1.165, 1.54) is 0 Å². The van der Waals surface area contributed by atoms with E-state index in [9.17, 15) is 4.79 Å². The van der Waals surface area contributed by atoms with Crippen LogP contribution in [-0.4, -0.2) is 20.7 Å². The molecule has 1 unspecified atom stereocenters. The summed E-state index contributed by atoms with van der Waals surface area (Å²) in [6, 6.07) is 11.1. The van der Waals surface area contributed by atoms with Crippen molar-refractivity contribution in [2.75, 3.05) is 5.32 Å². The molecule has 0 aliphatic carbocycles. The minimum absolute atomic E-state index is 0.112. The average molecular weight is 349 g/mol. The molecule has 2 aromatic heterocycles. The van der Waals surface area contributed by atoms with E-state index in [4.69, 9.17) is 0 Å². The average Bonchev–Trinajstić information content (AvgIpc) is 2.88. The number of aromatic nitrogens is 3. The zero-order valence-corrected chi connectivity index (χ0v) is 15.4. The van der Waals surface area contributed by atoms with E-state index < -0.39 is 0 Å². The van der Waals surface area contributed by atoms with Crippen LogP contribution in [0.2, 0.25) is 0 Å². The number of nitrogens with one attached hydrogen (secondary N) is 2. The molecule has 0 aliphatic heterocycles. The number of nitrogens with zero attached hydrogens (tertiary/aromatic N) is 3. The maximum absolute atomic E-state index is 12.7. The Labute approximate surface area is 153 Å². The lowest BCUT2D eigenvalue weighted by Gasteiger charge is -2.15. The quantitative estimate of drug-likeness (QED) is 0.737. The number of pyridine rings is 1. The van der Waals surface area contributed by atoms with E-state index in [2.05, 4.69) is 20.7 Å². The van der Waals surface area contributed by atoms with Crippen molar-refractivity contribution in [3.63, 3.8) is 0 Å². The second kappa shape index (κ2) is 7.39. The van der Waals surface area contributed by atoms with Crippen LogP contribution in [0.5, 0.6) is 0 Å². The number of rotatable bonds is 5. The summed E-state index contributed by atoms with van der Waals surface area (Å²) in [5, 5.41) is 10.8. The summed E-state index contributed by atoms with van der Waals surface area (Å²) >= 11 is 0. The van der Waals surface area contributed by atoms with E-state index in [0.29, 0.717) is 5.56 Å². The zero-order chi connectivity index (χ0) is 18.7. The van der Waals surface area contributed by atoms with E-state index in [-0.39, 0.29) is 11.9 Å². The highest BCUT2D eigenvalue weighted by Crippen LogP contribution is 2.22. The van der Waals surface area contributed by atoms with E-state index >= 15 is 0 Å². The van der Waals surface area contributed by atoms with Crippen LogP contribution in [0.25, 0.3) is 0 Å². The molecular weight excluding hydrogens is 326 g/mol. The first-order chi connectivity index (χ1) is 12.5. The Morgan fingerprint density at radius 2 is 1.85 bits per heavy atom. The van der Waals surface area contributed by atoms with Gasteiger partial charge in [0.2, 0.25) is 0 Å². The van der Waals surface area contributed by atoms with Gasteiger partial charge in [0.05, 0.1) is 11.7 Å². The number of hydrogen-bond donors (Lipinski definition) is 2. The molecule has 1 amide bonds. The Kier molecular flexibility index (Phi) is 5.02. The Morgan fingerprint density at radius 1 is 1.12 bits per heavy atom. The largest absolute Gasteiger partial charge is 0.355 e. The predicted molar refractivity (Wildman–Crippen MR) is 103 cm³/mol. The van der Waals surface area contributed by atoms with Crippen molar-refractivity contribution in [3.05, 3.63) is 71.3 Å². The molecule has 2 N–H and O–H groups in total. The fourth-order valence-electron chi connectivity index (χ4n) is 3.11. The highest BCUT2D eigenvalue weighted by molar-refractivity contribution is 5.95. The lowest BCUT2D eigenvalue weighted by Crippen LogP contribution is -2.27. The molecule has 2 heterocycles. The second-order valence-corrected chi connectivity index (χ2v) is 6.34. The summed E-state index contributed by atoms with van der Waals surface area (Å²) in [4.78, 5) is 16.7. The molecule has 1 atom stereocenters. The molecule has 3 aromatic rings. The molecule has 6 heteroatoms. The molecule has 0 radical (unpaired) electrons. The minimum atomic E-state index is -0.118. The summed E-state index contributed by atoms with van der Waals surface area (Å²) in [6.45, 7) is 5.95. The lowest BCUT2D eigenvalue weighted by molar-refractivity contribution is 0.0940. The number of amides is 1. The highest BCUT2D eigenvalue weighted by Gasteiger charge is 2.18. The normalized spacial score (nSPS) is 11.8. The number of aryl methyl sites for hydroxylation is 2. The van der Waals surface area contributed by atoms with Gasteiger partial charge in [-0.1, -0.05) is 6.07 Å². The van der Waals surface area contributed by atoms with Crippen LogP contribution in [0, 0.1) is 13.8 Å². The zero-order valence-electron chi connectivity index (χ0n) is 15.4. The molecule has 0 saturated heterocycles. The second-order valence-electron chi connectivity index (χ2n) is 6.34. The fourth-order valence-corrected chi connectivity index (χ4v) is 3.11. The summed E-state index contributed by atoms with van der Waals surface area (Å²) in [5.41, 5.74) is 5.44. The van der Waals surface area contributed by atoms with Crippen molar-refractivity contribution in [3.8, 4) is 0 Å². The van der Waals surface area contributed by atoms with Crippen molar-refractivity contribution < 1.29 is 4.79 Å². The third-order valence-electron chi connectivity index (χ3n) is 4.44. The maximum atomic E-state index is 12.7. The van der Waals surface area contributed by atoms with Gasteiger partial charge in [0.25, 0.3) is 5.91 Å². The SMILES string of the molecule is Cc1nn(C)c(C)c1C(C)NC(=O)c1cccc(Nc2ccncc2)c1. The first-order valence-electron chi connectivity index (χ1n) is 8.54. The van der Waals surface area contributed by atoms with Gasteiger partial charge >= 0.3 is 0 Å². The maximum Gasteiger partial charge on any atom is 0.251 e. The molecule has 26 heavy (non-hydrogen) atoms. The number of hydrogen-bond acceptors (Lipinski definition) is 4. The van der Waals surface area contributed by atoms with Gasteiger partial charge in [0.1, 0.15) is 0 Å². The van der Waals surface area contributed by atoms with Crippen molar-refractivity contribution in [1.29, 1.82) is 0 Å². The van der Waals surface area contributed by atoms with E-state index in [0.717, 1.165) is 28.3 Å². The summed E-state index contributed by atoms with van der Waals surface area (Å²) in [6.07, 6.45) is 3.44. The minimum Gasteiger partial charge on any atom is -0.355 e. The van der Waals surface area contributed by atoms with Crippen LogP contribution in [-0.2, 0) is 7.05 Å². The number of anilines is 2. The third-order valence-corrected chi connectivity index (χ3v) is 4.44. The predicted octanol–water partition coefficient (Wildman–Crippen LogP) is 3.67. The third kappa shape index (κ3) is 3.74. The Hall–Kier alpha value is -3.15. The van der Waals surface area contributed by atoms with Gasteiger partial charge in [-0.25, -0.2) is 0 Å². The number of carbonyl (C=O) groups excluding carboxylic acids is 1. The smallest absolute Gasteiger partial charge is 0.251 e. The lowest BCUT2D eigenvalue weighted by atomic mass is 10.1. The molecule has 0 aliphatic rings. The molecule has 1 aromatic carbocycles. The highest BCUT2D eigenvalue weighted by atomic mass is 16.1. The molecule has 134 valence electrons. The molecule has 0 saturated carbocycles. The van der Waals surface area contributed by atoms with Crippen LogP contribution in [0.1, 0.15) is 40.3 Å². The Balaban J connectivity index is 1.74. The van der Waals surface area contributed by atoms with Gasteiger partial charge in [-0.2, -0.15) is 5.10 Å². The first-order valence-corrected chi connectivity index (χ1v) is 8.54. The van der Waals surface area contributed by atoms with Gasteiger partial charge in [0.15, 0.2) is 0 Å². The van der Waals surface area contributed by atoms with Crippen molar-refractivity contribution in [1.82, 2.24) is 20.1 Å². The van der Waals surface area contributed by atoms with Crippen LogP contribution >= 0.6 is 0 Å². The van der Waals surface area contributed by atoms with Crippen molar-refractivity contribution in [2.24, 2.45) is 7.05 Å². The van der Waals surface area contributed by atoms with Crippen molar-refractivity contribution >= 4 is 17.3 Å². The molecule has 0 spiro atoms. The van der Waals surface area contributed by atoms with Crippen LogP contribution in [0.4, 0.5) is 11.4 Å². The van der Waals surface area contributed by atoms with Gasteiger partial charge in [0, 0.05) is 47.6 Å². The molecular formula is C20H23N5O. The number of benzene rings is 1. The Morgan fingerprint density at radius 3 is 2.50 bits per heavy atom.